The molecule has 1 aromatic heterocycles. The fraction of sp³-hybridized carbons (Fsp3) is 0.211. The molecule has 2 N–H and O–H groups in total. The first-order valence-electron chi connectivity index (χ1n) is 8.31. The first kappa shape index (κ1) is 17.9. The number of aryl methyl sites for hydroxylation is 1. The van der Waals surface area contributed by atoms with Gasteiger partial charge in [-0.15, -0.1) is 10.2 Å². The van der Waals surface area contributed by atoms with Crippen molar-refractivity contribution in [3.8, 4) is 11.6 Å². The molecule has 6 nitrogen and oxygen atoms in total. The topological polar surface area (TPSA) is 71.1 Å². The first-order chi connectivity index (χ1) is 12.6. The number of rotatable bonds is 5. The quantitative estimate of drug-likeness (QED) is 0.477. The molecular weight excluding hydrogens is 348 g/mol. The molecule has 0 fully saturated rings. The van der Waals surface area contributed by atoms with Gasteiger partial charge in [0.2, 0.25) is 11.0 Å². The van der Waals surface area contributed by atoms with Gasteiger partial charge in [-0.2, -0.15) is 0 Å². The Morgan fingerprint density at radius 3 is 2.81 bits per heavy atom. The number of hydrogen-bond donors (Lipinski definition) is 2. The summed E-state index contributed by atoms with van der Waals surface area (Å²) >= 11 is 5.24. The summed E-state index contributed by atoms with van der Waals surface area (Å²) in [6, 6.07) is 15.1. The average molecular weight is 368 g/mol. The molecular formula is C19H20N4O2S. The second-order valence-corrected chi connectivity index (χ2v) is 6.09. The van der Waals surface area contributed by atoms with E-state index in [1.54, 1.807) is 7.11 Å². The van der Waals surface area contributed by atoms with E-state index in [4.69, 9.17) is 17.0 Å². The van der Waals surface area contributed by atoms with Crippen LogP contribution in [0.25, 0.3) is 10.9 Å². The van der Waals surface area contributed by atoms with Gasteiger partial charge < -0.3 is 19.7 Å². The molecule has 0 saturated carbocycles. The van der Waals surface area contributed by atoms with Crippen LogP contribution in [-0.4, -0.2) is 21.9 Å². The van der Waals surface area contributed by atoms with Crippen molar-refractivity contribution in [2.24, 2.45) is 10.2 Å². The third kappa shape index (κ3) is 3.67. The predicted molar refractivity (Wildman–Crippen MR) is 108 cm³/mol. The molecule has 134 valence electrons. The van der Waals surface area contributed by atoms with E-state index in [1.807, 2.05) is 53.1 Å². The molecule has 0 atom stereocenters. The van der Waals surface area contributed by atoms with Crippen LogP contribution >= 0.6 is 12.2 Å². The molecule has 2 aromatic carbocycles. The molecule has 0 spiro atoms. The Kier molecular flexibility index (Phi) is 5.48. The minimum Gasteiger partial charge on any atom is -0.497 e. The molecule has 3 rings (SSSR count). The van der Waals surface area contributed by atoms with E-state index in [2.05, 4.69) is 22.5 Å². The Labute approximate surface area is 157 Å². The Balaban J connectivity index is 1.86. The van der Waals surface area contributed by atoms with E-state index in [0.717, 1.165) is 28.8 Å². The number of fused-ring (bicyclic) bond motifs is 1. The van der Waals surface area contributed by atoms with Gasteiger partial charge in [0.25, 0.3) is 0 Å². The highest BCUT2D eigenvalue weighted by atomic mass is 32.1. The van der Waals surface area contributed by atoms with Gasteiger partial charge in [-0.05, 0) is 36.8 Å². The number of aromatic hydroxyl groups is 1. The summed E-state index contributed by atoms with van der Waals surface area (Å²) in [6.07, 6.45) is 0.901. The number of ether oxygens (including phenoxy) is 1. The van der Waals surface area contributed by atoms with Crippen molar-refractivity contribution in [1.29, 1.82) is 0 Å². The van der Waals surface area contributed by atoms with E-state index in [-0.39, 0.29) is 11.0 Å². The van der Waals surface area contributed by atoms with Crippen molar-refractivity contribution < 1.29 is 9.84 Å². The summed E-state index contributed by atoms with van der Waals surface area (Å²) < 4.78 is 7.02. The lowest BCUT2D eigenvalue weighted by atomic mass is 10.2. The third-order valence-corrected chi connectivity index (χ3v) is 4.11. The van der Waals surface area contributed by atoms with Crippen molar-refractivity contribution in [3.05, 3.63) is 48.5 Å². The summed E-state index contributed by atoms with van der Waals surface area (Å²) in [5.41, 5.74) is 2.10. The van der Waals surface area contributed by atoms with Gasteiger partial charge >= 0.3 is 0 Å². The second-order valence-electron chi connectivity index (χ2n) is 5.70. The van der Waals surface area contributed by atoms with Crippen molar-refractivity contribution in [2.45, 2.75) is 19.9 Å². The lowest BCUT2D eigenvalue weighted by Crippen LogP contribution is -2.04. The number of nitrogens with zero attached hydrogens (tertiary/aromatic N) is 3. The van der Waals surface area contributed by atoms with E-state index in [0.29, 0.717) is 12.2 Å². The number of aromatic nitrogens is 1. The molecule has 26 heavy (non-hydrogen) atoms. The molecule has 3 aromatic rings. The average Bonchev–Trinajstić information content (AvgIpc) is 2.92. The Hall–Kier alpha value is -2.93. The van der Waals surface area contributed by atoms with Gasteiger partial charge in [0, 0.05) is 23.7 Å². The fourth-order valence-corrected chi connectivity index (χ4v) is 2.92. The number of methoxy groups -OCH3 is 1. The van der Waals surface area contributed by atoms with Crippen LogP contribution in [0.3, 0.4) is 0 Å². The maximum absolute atomic E-state index is 10.5. The zero-order chi connectivity index (χ0) is 18.5. The van der Waals surface area contributed by atoms with Crippen LogP contribution in [0.4, 0.5) is 11.4 Å². The standard InChI is InChI=1S/C19H20N4O2S/c1-3-11-23-16-10-5-4-9-15(16)17(18(23)24)21-22-19(26)20-13-7-6-8-14(12-13)25-2/h4-10,12,24H,3,11H2,1-2H3,(H,20,26). The van der Waals surface area contributed by atoms with Gasteiger partial charge in [0.1, 0.15) is 5.75 Å². The molecule has 0 radical (unpaired) electrons. The molecule has 1 heterocycles. The van der Waals surface area contributed by atoms with E-state index in [9.17, 15) is 5.11 Å². The first-order valence-corrected chi connectivity index (χ1v) is 8.71. The monoisotopic (exact) mass is 368 g/mol. The van der Waals surface area contributed by atoms with Crippen LogP contribution < -0.4 is 10.1 Å². The Morgan fingerprint density at radius 2 is 2.04 bits per heavy atom. The zero-order valence-electron chi connectivity index (χ0n) is 14.6. The Morgan fingerprint density at radius 1 is 1.23 bits per heavy atom. The summed E-state index contributed by atoms with van der Waals surface area (Å²) in [5, 5.41) is 22.8. The maximum Gasteiger partial charge on any atom is 0.220 e. The van der Waals surface area contributed by atoms with E-state index >= 15 is 0 Å². The Bertz CT molecular complexity index is 965. The molecule has 0 bridgehead atoms. The normalized spacial score (nSPS) is 11.2. The number of hydrogen-bond acceptors (Lipinski definition) is 4. The lowest BCUT2D eigenvalue weighted by Gasteiger charge is -2.05. The predicted octanol–water partition coefficient (Wildman–Crippen LogP) is 5.25. The highest BCUT2D eigenvalue weighted by molar-refractivity contribution is 7.80. The number of thiocarbonyl (C=S) groups is 1. The maximum atomic E-state index is 10.5. The number of para-hydroxylation sites is 1. The molecule has 0 aliphatic heterocycles. The van der Waals surface area contributed by atoms with Crippen molar-refractivity contribution in [2.75, 3.05) is 12.4 Å². The van der Waals surface area contributed by atoms with Crippen LogP contribution in [0.15, 0.2) is 58.8 Å². The largest absolute Gasteiger partial charge is 0.497 e. The van der Waals surface area contributed by atoms with Crippen LogP contribution in [0, 0.1) is 0 Å². The molecule has 0 unspecified atom stereocenters. The van der Waals surface area contributed by atoms with Gasteiger partial charge in [0.15, 0.2) is 5.69 Å². The molecule has 0 saturated heterocycles. The summed E-state index contributed by atoms with van der Waals surface area (Å²) in [6.45, 7) is 2.76. The number of azo groups is 1. The van der Waals surface area contributed by atoms with Crippen LogP contribution in [0.5, 0.6) is 11.6 Å². The van der Waals surface area contributed by atoms with Crippen LogP contribution in [0.1, 0.15) is 13.3 Å². The van der Waals surface area contributed by atoms with Crippen molar-refractivity contribution in [1.82, 2.24) is 4.57 Å². The fourth-order valence-electron chi connectivity index (χ4n) is 2.76. The summed E-state index contributed by atoms with van der Waals surface area (Å²) in [4.78, 5) is 0. The smallest absolute Gasteiger partial charge is 0.220 e. The molecule has 7 heteroatoms. The van der Waals surface area contributed by atoms with Crippen LogP contribution in [-0.2, 0) is 6.54 Å². The zero-order valence-corrected chi connectivity index (χ0v) is 15.5. The van der Waals surface area contributed by atoms with Gasteiger partial charge in [0.05, 0.1) is 12.6 Å². The second kappa shape index (κ2) is 7.97. The lowest BCUT2D eigenvalue weighted by molar-refractivity contribution is 0.415. The highest BCUT2D eigenvalue weighted by Crippen LogP contribution is 2.38. The third-order valence-electron chi connectivity index (χ3n) is 3.93. The van der Waals surface area contributed by atoms with E-state index < -0.39 is 0 Å². The van der Waals surface area contributed by atoms with Crippen LogP contribution in [0.2, 0.25) is 0 Å². The number of nitrogens with one attached hydrogen (secondary N) is 1. The molecule has 0 amide bonds. The minimum absolute atomic E-state index is 0.0981. The highest BCUT2D eigenvalue weighted by Gasteiger charge is 2.15. The molecule has 0 aliphatic rings. The number of anilines is 1. The molecule has 0 aliphatic carbocycles. The van der Waals surface area contributed by atoms with Gasteiger partial charge in [-0.25, -0.2) is 0 Å². The summed E-state index contributed by atoms with van der Waals surface area (Å²) in [5.74, 6) is 0.816. The summed E-state index contributed by atoms with van der Waals surface area (Å²) in [7, 11) is 1.60. The SMILES string of the molecule is CCCn1c(O)c(N=NC(=S)Nc2cccc(OC)c2)c2ccccc21. The minimum atomic E-state index is 0.0981. The number of benzene rings is 2. The van der Waals surface area contributed by atoms with E-state index in [1.165, 1.54) is 0 Å². The van der Waals surface area contributed by atoms with Gasteiger partial charge in [-0.1, -0.05) is 31.2 Å². The van der Waals surface area contributed by atoms with Crippen molar-refractivity contribution >= 4 is 39.6 Å². The van der Waals surface area contributed by atoms with Gasteiger partial charge in [-0.3, -0.25) is 0 Å². The van der Waals surface area contributed by atoms with Crippen molar-refractivity contribution in [3.63, 3.8) is 0 Å².